The SMILES string of the molecule is c1ccc(-c2ccc(N(c3ccc(-c4ccccc4)cc3)c3nc4ccccc4o3)cc2)cc1. The Labute approximate surface area is 198 Å². The van der Waals surface area contributed by atoms with Gasteiger partial charge in [0.05, 0.1) is 11.4 Å². The van der Waals surface area contributed by atoms with Crippen LogP contribution in [0.15, 0.2) is 138 Å². The molecule has 0 fully saturated rings. The van der Waals surface area contributed by atoms with Crippen molar-refractivity contribution in [3.8, 4) is 22.3 Å². The Kier molecular flexibility index (Phi) is 5.13. The normalized spacial score (nSPS) is 10.9. The fourth-order valence-corrected chi connectivity index (χ4v) is 4.19. The summed E-state index contributed by atoms with van der Waals surface area (Å²) in [5, 5.41) is 0. The van der Waals surface area contributed by atoms with Crippen molar-refractivity contribution in [3.05, 3.63) is 133 Å². The van der Waals surface area contributed by atoms with Crippen LogP contribution in [0.3, 0.4) is 0 Å². The average Bonchev–Trinajstić information content (AvgIpc) is 3.34. The van der Waals surface area contributed by atoms with Crippen LogP contribution in [0, 0.1) is 0 Å². The van der Waals surface area contributed by atoms with Crippen LogP contribution in [0.1, 0.15) is 0 Å². The number of hydrogen-bond donors (Lipinski definition) is 0. The van der Waals surface area contributed by atoms with Gasteiger partial charge in [0.25, 0.3) is 0 Å². The van der Waals surface area contributed by atoms with Crippen LogP contribution in [0.4, 0.5) is 17.4 Å². The number of fused-ring (bicyclic) bond motifs is 1. The maximum atomic E-state index is 6.18. The summed E-state index contributed by atoms with van der Waals surface area (Å²) in [6, 6.07) is 46.2. The maximum absolute atomic E-state index is 6.18. The Hall–Kier alpha value is -4.63. The molecule has 1 aromatic heterocycles. The number of aromatic nitrogens is 1. The summed E-state index contributed by atoms with van der Waals surface area (Å²) in [5.74, 6) is 0. The van der Waals surface area contributed by atoms with E-state index in [0.29, 0.717) is 6.01 Å². The van der Waals surface area contributed by atoms with Crippen LogP contribution < -0.4 is 4.90 Å². The van der Waals surface area contributed by atoms with E-state index in [-0.39, 0.29) is 0 Å². The highest BCUT2D eigenvalue weighted by Crippen LogP contribution is 2.37. The molecule has 0 aliphatic carbocycles. The number of nitrogens with zero attached hydrogens (tertiary/aromatic N) is 2. The topological polar surface area (TPSA) is 29.3 Å². The van der Waals surface area contributed by atoms with Crippen molar-refractivity contribution < 1.29 is 4.42 Å². The smallest absolute Gasteiger partial charge is 0.307 e. The second kappa shape index (κ2) is 8.72. The standard InChI is InChI=1S/C31H22N2O/c1-3-9-23(10-4-1)25-15-19-27(20-16-25)33(31-32-29-13-7-8-14-30(29)34-31)28-21-17-26(18-22-28)24-11-5-2-6-12-24/h1-22H. The minimum Gasteiger partial charge on any atom is -0.423 e. The van der Waals surface area contributed by atoms with Gasteiger partial charge in [-0.3, -0.25) is 4.90 Å². The van der Waals surface area contributed by atoms with E-state index < -0.39 is 0 Å². The first kappa shape index (κ1) is 20.0. The van der Waals surface area contributed by atoms with E-state index in [2.05, 4.69) is 102 Å². The summed E-state index contributed by atoms with van der Waals surface area (Å²) >= 11 is 0. The largest absolute Gasteiger partial charge is 0.423 e. The van der Waals surface area contributed by atoms with Gasteiger partial charge in [0.15, 0.2) is 5.58 Å². The molecule has 0 aliphatic rings. The lowest BCUT2D eigenvalue weighted by atomic mass is 10.0. The Morgan fingerprint density at radius 3 is 1.38 bits per heavy atom. The van der Waals surface area contributed by atoms with Gasteiger partial charge in [-0.1, -0.05) is 97.1 Å². The van der Waals surface area contributed by atoms with Gasteiger partial charge < -0.3 is 4.42 Å². The summed E-state index contributed by atoms with van der Waals surface area (Å²) in [4.78, 5) is 6.85. The van der Waals surface area contributed by atoms with E-state index in [4.69, 9.17) is 9.40 Å². The lowest BCUT2D eigenvalue weighted by molar-refractivity contribution is 0.608. The number of anilines is 3. The van der Waals surface area contributed by atoms with Crippen molar-refractivity contribution in [3.63, 3.8) is 0 Å². The van der Waals surface area contributed by atoms with E-state index in [1.807, 2.05) is 36.4 Å². The van der Waals surface area contributed by atoms with Crippen LogP contribution in [0.5, 0.6) is 0 Å². The molecule has 0 radical (unpaired) electrons. The van der Waals surface area contributed by atoms with Crippen molar-refractivity contribution >= 4 is 28.5 Å². The van der Waals surface area contributed by atoms with E-state index in [9.17, 15) is 0 Å². The molecule has 0 saturated carbocycles. The van der Waals surface area contributed by atoms with E-state index in [1.54, 1.807) is 0 Å². The van der Waals surface area contributed by atoms with Crippen LogP contribution >= 0.6 is 0 Å². The van der Waals surface area contributed by atoms with Gasteiger partial charge >= 0.3 is 6.01 Å². The zero-order valence-electron chi connectivity index (χ0n) is 18.5. The molecule has 0 unspecified atom stereocenters. The van der Waals surface area contributed by atoms with Gasteiger partial charge in [0.1, 0.15) is 5.52 Å². The van der Waals surface area contributed by atoms with Gasteiger partial charge in [-0.05, 0) is 58.7 Å². The van der Waals surface area contributed by atoms with Crippen LogP contribution in [-0.4, -0.2) is 4.98 Å². The molecular formula is C31H22N2O. The predicted octanol–water partition coefficient (Wildman–Crippen LogP) is 8.63. The number of hydrogen-bond acceptors (Lipinski definition) is 3. The van der Waals surface area contributed by atoms with E-state index >= 15 is 0 Å². The third kappa shape index (κ3) is 3.84. The monoisotopic (exact) mass is 438 g/mol. The molecule has 0 saturated heterocycles. The first-order valence-corrected chi connectivity index (χ1v) is 11.3. The van der Waals surface area contributed by atoms with E-state index in [1.165, 1.54) is 22.3 Å². The van der Waals surface area contributed by atoms with Crippen molar-refractivity contribution in [2.24, 2.45) is 0 Å². The number of rotatable bonds is 5. The van der Waals surface area contributed by atoms with Gasteiger partial charge in [0, 0.05) is 0 Å². The van der Waals surface area contributed by atoms with Crippen molar-refractivity contribution in [1.82, 2.24) is 4.98 Å². The molecule has 1 heterocycles. The summed E-state index contributed by atoms with van der Waals surface area (Å²) in [6.07, 6.45) is 0. The molecular weight excluding hydrogens is 416 g/mol. The molecule has 6 aromatic rings. The Morgan fingerprint density at radius 1 is 0.441 bits per heavy atom. The highest BCUT2D eigenvalue weighted by Gasteiger charge is 2.19. The minimum absolute atomic E-state index is 0.543. The van der Waals surface area contributed by atoms with Crippen molar-refractivity contribution in [1.29, 1.82) is 0 Å². The third-order valence-electron chi connectivity index (χ3n) is 5.94. The molecule has 0 atom stereocenters. The summed E-state index contributed by atoms with van der Waals surface area (Å²) in [5.41, 5.74) is 8.29. The van der Waals surface area contributed by atoms with E-state index in [0.717, 1.165) is 22.5 Å². The molecule has 0 amide bonds. The number of oxazole rings is 1. The molecule has 0 spiro atoms. The molecule has 34 heavy (non-hydrogen) atoms. The quantitative estimate of drug-likeness (QED) is 0.270. The summed E-state index contributed by atoms with van der Waals surface area (Å²) in [6.45, 7) is 0. The molecule has 0 bridgehead atoms. The second-order valence-electron chi connectivity index (χ2n) is 8.13. The summed E-state index contributed by atoms with van der Waals surface area (Å²) in [7, 11) is 0. The highest BCUT2D eigenvalue weighted by molar-refractivity contribution is 5.81. The van der Waals surface area contributed by atoms with Crippen LogP contribution in [0.2, 0.25) is 0 Å². The maximum Gasteiger partial charge on any atom is 0.307 e. The predicted molar refractivity (Wildman–Crippen MR) is 140 cm³/mol. The highest BCUT2D eigenvalue weighted by atomic mass is 16.4. The van der Waals surface area contributed by atoms with Crippen LogP contribution in [-0.2, 0) is 0 Å². The Bertz CT molecular complexity index is 1400. The number of benzene rings is 5. The second-order valence-corrected chi connectivity index (χ2v) is 8.13. The average molecular weight is 439 g/mol. The van der Waals surface area contributed by atoms with Crippen LogP contribution in [0.25, 0.3) is 33.4 Å². The molecule has 6 rings (SSSR count). The fraction of sp³-hybridized carbons (Fsp3) is 0. The molecule has 162 valence electrons. The van der Waals surface area contributed by atoms with Crippen molar-refractivity contribution in [2.45, 2.75) is 0 Å². The van der Waals surface area contributed by atoms with Gasteiger partial charge in [-0.15, -0.1) is 0 Å². The first-order chi connectivity index (χ1) is 16.8. The molecule has 5 aromatic carbocycles. The lowest BCUT2D eigenvalue weighted by Gasteiger charge is -2.21. The minimum atomic E-state index is 0.543. The molecule has 3 nitrogen and oxygen atoms in total. The Morgan fingerprint density at radius 2 is 0.882 bits per heavy atom. The molecule has 0 aliphatic heterocycles. The van der Waals surface area contributed by atoms with Gasteiger partial charge in [0.2, 0.25) is 0 Å². The zero-order chi connectivity index (χ0) is 22.7. The lowest BCUT2D eigenvalue weighted by Crippen LogP contribution is -2.10. The number of para-hydroxylation sites is 2. The van der Waals surface area contributed by atoms with Gasteiger partial charge in [-0.25, -0.2) is 0 Å². The zero-order valence-corrected chi connectivity index (χ0v) is 18.5. The third-order valence-corrected chi connectivity index (χ3v) is 5.94. The molecule has 3 heteroatoms. The van der Waals surface area contributed by atoms with Gasteiger partial charge in [-0.2, -0.15) is 4.98 Å². The first-order valence-electron chi connectivity index (χ1n) is 11.3. The van der Waals surface area contributed by atoms with Crippen molar-refractivity contribution in [2.75, 3.05) is 4.90 Å². The molecule has 0 N–H and O–H groups in total. The summed E-state index contributed by atoms with van der Waals surface area (Å²) < 4.78 is 6.18. The fourth-order valence-electron chi connectivity index (χ4n) is 4.19. The Balaban J connectivity index is 1.43.